The number of rotatable bonds is 0. The minimum atomic E-state index is 0.323. The van der Waals surface area contributed by atoms with Crippen LogP contribution in [0.3, 0.4) is 0 Å². The second-order valence-electron chi connectivity index (χ2n) is 1.23. The minimum Gasteiger partial charge on any atom is -0.245 e. The van der Waals surface area contributed by atoms with Crippen LogP contribution in [0.15, 0.2) is 17.3 Å². The Morgan fingerprint density at radius 2 is 2.57 bits per heavy atom. The predicted octanol–water partition coefficient (Wildman–Crippen LogP) is 0.729. The van der Waals surface area contributed by atoms with Gasteiger partial charge in [-0.2, -0.15) is 5.12 Å². The van der Waals surface area contributed by atoms with Gasteiger partial charge in [0, 0.05) is 6.20 Å². The number of halogens is 1. The largest absolute Gasteiger partial charge is 0.245 e. The molecule has 1 aliphatic heterocycles. The molecule has 1 aliphatic rings. The molecule has 0 saturated carbocycles. The van der Waals surface area contributed by atoms with Crippen LogP contribution >= 0.6 is 0 Å². The van der Waals surface area contributed by atoms with Crippen molar-refractivity contribution in [2.75, 3.05) is 6.54 Å². The first-order valence-electron chi connectivity index (χ1n) is 2.00. The minimum absolute atomic E-state index is 0.323. The maximum atomic E-state index is 11.8. The molecule has 0 aromatic rings. The lowest BCUT2D eigenvalue weighted by Gasteiger charge is -2.04. The fraction of sp³-hybridized carbons (Fsp3) is 0.250. The molecule has 0 radical (unpaired) electrons. The molecular weight excluding hydrogens is 95.1 g/mol. The summed E-state index contributed by atoms with van der Waals surface area (Å²) in [7, 11) is 0. The summed E-state index contributed by atoms with van der Waals surface area (Å²) >= 11 is 0. The van der Waals surface area contributed by atoms with Crippen LogP contribution in [-0.4, -0.2) is 18.0 Å². The molecule has 0 fully saturated rings. The zero-order valence-corrected chi connectivity index (χ0v) is 3.71. The Balaban J connectivity index is 2.49. The van der Waals surface area contributed by atoms with Gasteiger partial charge < -0.3 is 0 Å². The Bertz CT molecular complexity index is 108. The molecule has 0 amide bonds. The highest BCUT2D eigenvalue weighted by Crippen LogP contribution is 1.90. The molecule has 0 saturated heterocycles. The molecule has 2 nitrogen and oxygen atoms in total. The molecule has 3 heteroatoms. The van der Waals surface area contributed by atoms with Gasteiger partial charge >= 0.3 is 0 Å². The third-order valence-electron chi connectivity index (χ3n) is 0.663. The second-order valence-corrected chi connectivity index (χ2v) is 1.23. The molecule has 0 aromatic carbocycles. The highest BCUT2D eigenvalue weighted by atomic mass is 19.2. The van der Waals surface area contributed by atoms with E-state index in [1.165, 1.54) is 0 Å². The number of aliphatic imine (C=N–C) groups is 1. The Hall–Kier alpha value is -0.860. The lowest BCUT2D eigenvalue weighted by Crippen LogP contribution is -2.12. The molecule has 0 spiro atoms. The summed E-state index contributed by atoms with van der Waals surface area (Å²) in [6, 6.07) is 0. The molecule has 0 aromatic heterocycles. The maximum Gasteiger partial charge on any atom is 0.121 e. The van der Waals surface area contributed by atoms with Crippen molar-refractivity contribution in [3.05, 3.63) is 12.3 Å². The number of nitrogens with zero attached hydrogens (tertiary/aromatic N) is 2. The fourth-order valence-electron chi connectivity index (χ4n) is 0.367. The average Bonchev–Trinajstić information content (AvgIpc) is 1.69. The Kier molecular flexibility index (Phi) is 1.06. The van der Waals surface area contributed by atoms with Gasteiger partial charge in [-0.05, 0) is 6.08 Å². The Morgan fingerprint density at radius 3 is 2.86 bits per heavy atom. The lowest BCUT2D eigenvalue weighted by molar-refractivity contribution is 0.145. The van der Waals surface area contributed by atoms with Gasteiger partial charge in [0.25, 0.3) is 0 Å². The highest BCUT2D eigenvalue weighted by Gasteiger charge is 1.92. The van der Waals surface area contributed by atoms with E-state index in [4.69, 9.17) is 0 Å². The highest BCUT2D eigenvalue weighted by molar-refractivity contribution is 5.55. The van der Waals surface area contributed by atoms with Crippen LogP contribution in [0.1, 0.15) is 0 Å². The first kappa shape index (κ1) is 4.30. The van der Waals surface area contributed by atoms with E-state index < -0.39 is 0 Å². The van der Waals surface area contributed by atoms with Gasteiger partial charge in [0.2, 0.25) is 0 Å². The third-order valence-corrected chi connectivity index (χ3v) is 0.663. The fourth-order valence-corrected chi connectivity index (χ4v) is 0.367. The Morgan fingerprint density at radius 1 is 1.71 bits per heavy atom. The van der Waals surface area contributed by atoms with Crippen LogP contribution in [0.2, 0.25) is 0 Å². The molecule has 38 valence electrons. The van der Waals surface area contributed by atoms with E-state index in [1.807, 2.05) is 0 Å². The standard InChI is InChI=1S/C4H5FN2/c5-7-3-1-2-6-4-7/h1-2,4H,3H2. The van der Waals surface area contributed by atoms with Crippen molar-refractivity contribution >= 4 is 6.34 Å². The Labute approximate surface area is 40.9 Å². The van der Waals surface area contributed by atoms with Gasteiger partial charge in [0.15, 0.2) is 0 Å². The quantitative estimate of drug-likeness (QED) is 0.410. The zero-order valence-electron chi connectivity index (χ0n) is 3.71. The molecule has 1 rings (SSSR count). The normalized spacial score (nSPS) is 18.1. The van der Waals surface area contributed by atoms with Crippen molar-refractivity contribution in [3.8, 4) is 0 Å². The monoisotopic (exact) mass is 100 g/mol. The summed E-state index contributed by atoms with van der Waals surface area (Å²) in [5, 5.41) is 0.514. The van der Waals surface area contributed by atoms with Crippen LogP contribution < -0.4 is 0 Å². The van der Waals surface area contributed by atoms with Crippen molar-refractivity contribution < 1.29 is 4.48 Å². The van der Waals surface area contributed by atoms with Gasteiger partial charge in [-0.1, -0.05) is 4.48 Å². The van der Waals surface area contributed by atoms with Crippen molar-refractivity contribution in [2.45, 2.75) is 0 Å². The first-order valence-corrected chi connectivity index (χ1v) is 2.00. The summed E-state index contributed by atoms with van der Waals surface area (Å²) in [5.41, 5.74) is 0. The van der Waals surface area contributed by atoms with Crippen molar-refractivity contribution in [2.24, 2.45) is 4.99 Å². The molecule has 1 heterocycles. The van der Waals surface area contributed by atoms with Crippen LogP contribution in [0, 0.1) is 0 Å². The smallest absolute Gasteiger partial charge is 0.121 e. The zero-order chi connectivity index (χ0) is 5.11. The topological polar surface area (TPSA) is 15.6 Å². The van der Waals surface area contributed by atoms with Crippen LogP contribution in [0.25, 0.3) is 0 Å². The lowest BCUT2D eigenvalue weighted by atomic mass is 10.6. The first-order chi connectivity index (χ1) is 3.39. The predicted molar refractivity (Wildman–Crippen MR) is 25.4 cm³/mol. The molecule has 0 atom stereocenters. The van der Waals surface area contributed by atoms with Gasteiger partial charge in [0.1, 0.15) is 6.34 Å². The second kappa shape index (κ2) is 1.73. The van der Waals surface area contributed by atoms with E-state index in [-0.39, 0.29) is 0 Å². The SMILES string of the molecule is FN1C=NC=CC1. The van der Waals surface area contributed by atoms with E-state index in [0.717, 1.165) is 6.34 Å². The summed E-state index contributed by atoms with van der Waals surface area (Å²) in [5.74, 6) is 0. The van der Waals surface area contributed by atoms with E-state index in [9.17, 15) is 4.48 Å². The van der Waals surface area contributed by atoms with Crippen molar-refractivity contribution in [1.29, 1.82) is 0 Å². The summed E-state index contributed by atoms with van der Waals surface area (Å²) in [4.78, 5) is 3.50. The van der Waals surface area contributed by atoms with E-state index in [1.54, 1.807) is 12.3 Å². The van der Waals surface area contributed by atoms with Gasteiger partial charge in [-0.15, -0.1) is 0 Å². The van der Waals surface area contributed by atoms with E-state index in [0.29, 0.717) is 11.7 Å². The number of hydrogen-bond donors (Lipinski definition) is 0. The van der Waals surface area contributed by atoms with E-state index >= 15 is 0 Å². The van der Waals surface area contributed by atoms with Crippen molar-refractivity contribution in [1.82, 2.24) is 5.12 Å². The molecule has 7 heavy (non-hydrogen) atoms. The summed E-state index contributed by atoms with van der Waals surface area (Å²) < 4.78 is 11.8. The summed E-state index contributed by atoms with van der Waals surface area (Å²) in [6.07, 6.45) is 4.34. The average molecular weight is 100 g/mol. The van der Waals surface area contributed by atoms with Crippen LogP contribution in [0.4, 0.5) is 4.48 Å². The molecule has 0 N–H and O–H groups in total. The molecule has 0 bridgehead atoms. The summed E-state index contributed by atoms with van der Waals surface area (Å²) in [6.45, 7) is 0.323. The van der Waals surface area contributed by atoms with Gasteiger partial charge in [-0.3, -0.25) is 0 Å². The van der Waals surface area contributed by atoms with E-state index in [2.05, 4.69) is 4.99 Å². The number of hydrogen-bond acceptors (Lipinski definition) is 2. The molecule has 0 aliphatic carbocycles. The van der Waals surface area contributed by atoms with Crippen molar-refractivity contribution in [3.63, 3.8) is 0 Å². The molecule has 0 unspecified atom stereocenters. The third kappa shape index (κ3) is 0.994. The maximum absolute atomic E-state index is 11.8. The molecular formula is C4H5FN2. The van der Waals surface area contributed by atoms with Gasteiger partial charge in [-0.25, -0.2) is 4.99 Å². The van der Waals surface area contributed by atoms with Crippen LogP contribution in [0.5, 0.6) is 0 Å². The van der Waals surface area contributed by atoms with Crippen LogP contribution in [-0.2, 0) is 0 Å². The van der Waals surface area contributed by atoms with Gasteiger partial charge in [0.05, 0.1) is 6.54 Å².